The van der Waals surface area contributed by atoms with Gasteiger partial charge in [0.05, 0.1) is 11.3 Å². The number of carbonyl (C=O) groups excluding carboxylic acids is 1. The molecule has 0 unspecified atom stereocenters. The first kappa shape index (κ1) is 17.6. The number of alkyl halides is 3. The average Bonchev–Trinajstić information content (AvgIpc) is 3.04. The molecule has 1 N–H and O–H groups in total. The molecular weight excluding hydrogens is 356 g/mol. The Bertz CT molecular complexity index is 781. The molecule has 0 bridgehead atoms. The molecule has 0 aromatic heterocycles. The quantitative estimate of drug-likeness (QED) is 0.744. The van der Waals surface area contributed by atoms with E-state index < -0.39 is 29.0 Å². The molecule has 1 aliphatic heterocycles. The number of para-hydroxylation sites is 1. The number of hydrogen-bond acceptors (Lipinski definition) is 2. The predicted octanol–water partition coefficient (Wildman–Crippen LogP) is 5.12. The normalized spacial score (nSPS) is 17.6. The number of hydrogen-bond donors (Lipinski definition) is 1. The van der Waals surface area contributed by atoms with Gasteiger partial charge in [-0.1, -0.05) is 24.3 Å². The zero-order valence-electron chi connectivity index (χ0n) is 12.9. The second-order valence-corrected chi connectivity index (χ2v) is 6.63. The fourth-order valence-electron chi connectivity index (χ4n) is 2.64. The Morgan fingerprint density at radius 3 is 2.64 bits per heavy atom. The summed E-state index contributed by atoms with van der Waals surface area (Å²) in [4.78, 5) is 13.9. The van der Waals surface area contributed by atoms with Crippen molar-refractivity contribution >= 4 is 23.5 Å². The van der Waals surface area contributed by atoms with Crippen LogP contribution in [0.25, 0.3) is 0 Å². The lowest BCUT2D eigenvalue weighted by Crippen LogP contribution is -2.35. The van der Waals surface area contributed by atoms with Crippen LogP contribution in [0.15, 0.2) is 48.5 Å². The summed E-state index contributed by atoms with van der Waals surface area (Å²) in [6.07, 6.45) is -4.56. The molecule has 0 aliphatic carbocycles. The molecule has 1 atom stereocenters. The van der Waals surface area contributed by atoms with Gasteiger partial charge in [0.25, 0.3) is 0 Å². The van der Waals surface area contributed by atoms with Crippen molar-refractivity contribution < 1.29 is 22.4 Å². The zero-order chi connectivity index (χ0) is 18.0. The highest BCUT2D eigenvalue weighted by Gasteiger charge is 2.35. The summed E-state index contributed by atoms with van der Waals surface area (Å²) in [5.41, 5.74) is -0.603. The van der Waals surface area contributed by atoms with E-state index in [2.05, 4.69) is 5.32 Å². The van der Waals surface area contributed by atoms with E-state index in [9.17, 15) is 22.4 Å². The van der Waals surface area contributed by atoms with E-state index in [1.807, 2.05) is 0 Å². The summed E-state index contributed by atoms with van der Waals surface area (Å²) in [6, 6.07) is 10.0. The van der Waals surface area contributed by atoms with Gasteiger partial charge in [0.15, 0.2) is 0 Å². The largest absolute Gasteiger partial charge is 0.418 e. The van der Waals surface area contributed by atoms with Gasteiger partial charge < -0.3 is 10.2 Å². The van der Waals surface area contributed by atoms with Crippen molar-refractivity contribution in [3.63, 3.8) is 0 Å². The minimum Gasteiger partial charge on any atom is -0.308 e. The monoisotopic (exact) mass is 370 g/mol. The van der Waals surface area contributed by atoms with Gasteiger partial charge in [-0.05, 0) is 29.8 Å². The van der Waals surface area contributed by atoms with Crippen molar-refractivity contribution in [3.05, 3.63) is 65.5 Å². The Morgan fingerprint density at radius 2 is 1.92 bits per heavy atom. The molecule has 0 saturated carbocycles. The molecule has 25 heavy (non-hydrogen) atoms. The van der Waals surface area contributed by atoms with Gasteiger partial charge in [0.1, 0.15) is 11.2 Å². The number of halogens is 4. The van der Waals surface area contributed by atoms with E-state index >= 15 is 0 Å². The summed E-state index contributed by atoms with van der Waals surface area (Å²) in [5, 5.41) is 1.90. The van der Waals surface area contributed by atoms with Gasteiger partial charge in [-0.3, -0.25) is 0 Å². The number of carbonyl (C=O) groups is 1. The topological polar surface area (TPSA) is 32.3 Å². The average molecular weight is 370 g/mol. The van der Waals surface area contributed by atoms with Crippen molar-refractivity contribution in [2.75, 3.05) is 17.6 Å². The zero-order valence-corrected chi connectivity index (χ0v) is 13.7. The minimum absolute atomic E-state index is 0.296. The standard InChI is InChI=1S/C17H14F4N2OS/c18-12-5-3-4-11(10-12)15-23(8-9-25-15)16(24)22-14-7-2-1-6-13(14)17(19,20)21/h1-7,10,15H,8-9H2,(H,22,24)/t15-/m1/s1. The maximum atomic E-state index is 13.4. The van der Waals surface area contributed by atoms with E-state index in [0.29, 0.717) is 17.9 Å². The van der Waals surface area contributed by atoms with E-state index in [-0.39, 0.29) is 5.69 Å². The van der Waals surface area contributed by atoms with Crippen molar-refractivity contribution in [2.45, 2.75) is 11.6 Å². The summed E-state index contributed by atoms with van der Waals surface area (Å²) < 4.78 is 52.6. The third kappa shape index (κ3) is 3.89. The molecule has 1 aliphatic rings. The fourth-order valence-corrected chi connectivity index (χ4v) is 3.89. The Morgan fingerprint density at radius 1 is 1.16 bits per heavy atom. The van der Waals surface area contributed by atoms with Crippen LogP contribution < -0.4 is 5.32 Å². The second-order valence-electron chi connectivity index (χ2n) is 5.45. The molecular formula is C17H14F4N2OS. The SMILES string of the molecule is O=C(Nc1ccccc1C(F)(F)F)N1CCS[C@@H]1c1cccc(F)c1. The molecule has 132 valence electrons. The lowest BCUT2D eigenvalue weighted by Gasteiger charge is -2.25. The number of nitrogens with one attached hydrogen (secondary N) is 1. The fraction of sp³-hybridized carbons (Fsp3) is 0.235. The van der Waals surface area contributed by atoms with Crippen molar-refractivity contribution in [2.24, 2.45) is 0 Å². The highest BCUT2D eigenvalue weighted by atomic mass is 32.2. The van der Waals surface area contributed by atoms with Gasteiger partial charge in [0.2, 0.25) is 0 Å². The van der Waals surface area contributed by atoms with Gasteiger partial charge in [-0.25, -0.2) is 9.18 Å². The lowest BCUT2D eigenvalue weighted by atomic mass is 10.1. The molecule has 1 fully saturated rings. The highest BCUT2D eigenvalue weighted by molar-refractivity contribution is 7.99. The van der Waals surface area contributed by atoms with E-state index in [0.717, 1.165) is 6.07 Å². The third-order valence-electron chi connectivity index (χ3n) is 3.76. The third-order valence-corrected chi connectivity index (χ3v) is 5.02. The first-order valence-electron chi connectivity index (χ1n) is 7.47. The molecule has 1 heterocycles. The molecule has 2 amide bonds. The van der Waals surface area contributed by atoms with Crippen LogP contribution in [-0.4, -0.2) is 23.2 Å². The van der Waals surface area contributed by atoms with Gasteiger partial charge in [-0.15, -0.1) is 11.8 Å². The summed E-state index contributed by atoms with van der Waals surface area (Å²) in [5.74, 6) is 0.197. The minimum atomic E-state index is -4.56. The molecule has 3 nitrogen and oxygen atoms in total. The Labute approximate surface area is 146 Å². The van der Waals surface area contributed by atoms with Gasteiger partial charge in [-0.2, -0.15) is 13.2 Å². The molecule has 1 saturated heterocycles. The summed E-state index contributed by atoms with van der Waals surface area (Å²) in [6.45, 7) is 0.367. The van der Waals surface area contributed by atoms with Crippen LogP contribution in [0.4, 0.5) is 28.0 Å². The number of benzene rings is 2. The lowest BCUT2D eigenvalue weighted by molar-refractivity contribution is -0.136. The smallest absolute Gasteiger partial charge is 0.308 e. The molecule has 0 spiro atoms. The molecule has 2 aromatic rings. The molecule has 3 rings (SSSR count). The van der Waals surface area contributed by atoms with Crippen LogP contribution in [0.1, 0.15) is 16.5 Å². The predicted molar refractivity (Wildman–Crippen MR) is 88.8 cm³/mol. The Balaban J connectivity index is 1.82. The summed E-state index contributed by atoms with van der Waals surface area (Å²) >= 11 is 1.44. The number of urea groups is 1. The van der Waals surface area contributed by atoms with E-state index in [4.69, 9.17) is 0 Å². The molecule has 2 aromatic carbocycles. The highest BCUT2D eigenvalue weighted by Crippen LogP contribution is 2.39. The first-order chi connectivity index (χ1) is 11.9. The maximum absolute atomic E-state index is 13.4. The Hall–Kier alpha value is -2.22. The van der Waals surface area contributed by atoms with Crippen LogP contribution in [-0.2, 0) is 6.18 Å². The van der Waals surface area contributed by atoms with Crippen LogP contribution in [0.5, 0.6) is 0 Å². The first-order valence-corrected chi connectivity index (χ1v) is 8.52. The summed E-state index contributed by atoms with van der Waals surface area (Å²) in [7, 11) is 0. The van der Waals surface area contributed by atoms with Crippen LogP contribution in [0, 0.1) is 5.82 Å². The van der Waals surface area contributed by atoms with Crippen molar-refractivity contribution in [3.8, 4) is 0 Å². The van der Waals surface area contributed by atoms with E-state index in [1.165, 1.54) is 47.0 Å². The number of nitrogens with zero attached hydrogens (tertiary/aromatic N) is 1. The van der Waals surface area contributed by atoms with Crippen LogP contribution >= 0.6 is 11.8 Å². The number of rotatable bonds is 2. The Kier molecular flexibility index (Phi) is 4.89. The number of anilines is 1. The van der Waals surface area contributed by atoms with Crippen LogP contribution in [0.3, 0.4) is 0 Å². The van der Waals surface area contributed by atoms with Gasteiger partial charge >= 0.3 is 12.2 Å². The van der Waals surface area contributed by atoms with Crippen molar-refractivity contribution in [1.29, 1.82) is 0 Å². The molecule has 0 radical (unpaired) electrons. The van der Waals surface area contributed by atoms with E-state index in [1.54, 1.807) is 12.1 Å². The molecule has 8 heteroatoms. The van der Waals surface area contributed by atoms with Crippen molar-refractivity contribution in [1.82, 2.24) is 4.90 Å². The second kappa shape index (κ2) is 6.95. The maximum Gasteiger partial charge on any atom is 0.418 e. The number of thioether (sulfide) groups is 1. The van der Waals surface area contributed by atoms with Crippen LogP contribution in [0.2, 0.25) is 0 Å². The van der Waals surface area contributed by atoms with Gasteiger partial charge in [0, 0.05) is 12.3 Å². The number of amides is 2.